The number of nitrogens with one attached hydrogen (secondary N) is 1. The van der Waals surface area contributed by atoms with Crippen LogP contribution in [0.2, 0.25) is 0 Å². The molecule has 1 aromatic heterocycles. The number of nitrogens with two attached hydrogens (primary N) is 1. The molecule has 0 aliphatic heterocycles. The van der Waals surface area contributed by atoms with Crippen molar-refractivity contribution >= 4 is 0 Å². The van der Waals surface area contributed by atoms with Gasteiger partial charge in [-0.2, -0.15) is 0 Å². The lowest BCUT2D eigenvalue weighted by Gasteiger charge is -2.13. The van der Waals surface area contributed by atoms with Gasteiger partial charge in [0.25, 0.3) is 11.4 Å². The van der Waals surface area contributed by atoms with E-state index in [0.717, 1.165) is 16.7 Å². The number of hydrogen-bond donors (Lipinski definition) is 2. The molecule has 3 N–H and O–H groups in total. The van der Waals surface area contributed by atoms with Crippen molar-refractivity contribution in [1.29, 1.82) is 0 Å². The Morgan fingerprint density at radius 2 is 1.90 bits per heavy atom. The van der Waals surface area contributed by atoms with E-state index in [2.05, 4.69) is 9.97 Å². The van der Waals surface area contributed by atoms with E-state index in [0.29, 0.717) is 12.3 Å². The van der Waals surface area contributed by atoms with Crippen molar-refractivity contribution in [3.63, 3.8) is 0 Å². The first-order valence-corrected chi connectivity index (χ1v) is 6.16. The van der Waals surface area contributed by atoms with Crippen LogP contribution in [0.15, 0.2) is 23.3 Å². The van der Waals surface area contributed by atoms with Gasteiger partial charge in [0.2, 0.25) is 5.75 Å². The summed E-state index contributed by atoms with van der Waals surface area (Å²) < 4.78 is 10.8. The van der Waals surface area contributed by atoms with Crippen molar-refractivity contribution in [3.05, 3.63) is 45.5 Å². The lowest BCUT2D eigenvalue weighted by molar-refractivity contribution is 0.361. The van der Waals surface area contributed by atoms with Gasteiger partial charge in [0.15, 0.2) is 0 Å². The van der Waals surface area contributed by atoms with Crippen molar-refractivity contribution in [1.82, 2.24) is 9.97 Å². The average Bonchev–Trinajstić information content (AvgIpc) is 2.42. The molecule has 2 aromatic rings. The lowest BCUT2D eigenvalue weighted by Crippen LogP contribution is -2.11. The average molecular weight is 275 g/mol. The number of benzene rings is 1. The lowest BCUT2D eigenvalue weighted by atomic mass is 10.1. The summed E-state index contributed by atoms with van der Waals surface area (Å²) in [6.07, 6.45) is 1.28. The molecular weight excluding hydrogens is 258 g/mol. The Kier molecular flexibility index (Phi) is 4.05. The summed E-state index contributed by atoms with van der Waals surface area (Å²) >= 11 is 0. The van der Waals surface area contributed by atoms with Crippen LogP contribution in [0.5, 0.6) is 17.4 Å². The SMILES string of the molecule is COc1c(Oc2c(C)cc(CN)cc2C)nc[nH]c1=O. The summed E-state index contributed by atoms with van der Waals surface area (Å²) in [6, 6.07) is 3.89. The van der Waals surface area contributed by atoms with Crippen molar-refractivity contribution in [2.24, 2.45) is 5.73 Å². The Labute approximate surface area is 116 Å². The van der Waals surface area contributed by atoms with Crippen molar-refractivity contribution in [2.45, 2.75) is 20.4 Å². The van der Waals surface area contributed by atoms with Gasteiger partial charge < -0.3 is 20.2 Å². The minimum atomic E-state index is -0.383. The highest BCUT2D eigenvalue weighted by Gasteiger charge is 2.14. The molecule has 106 valence electrons. The summed E-state index contributed by atoms with van der Waals surface area (Å²) in [5.41, 5.74) is 8.13. The molecule has 1 heterocycles. The molecule has 0 saturated heterocycles. The maximum Gasteiger partial charge on any atom is 0.297 e. The first kappa shape index (κ1) is 14.1. The number of aryl methyl sites for hydroxylation is 2. The Balaban J connectivity index is 2.45. The first-order chi connectivity index (χ1) is 9.56. The third-order valence-electron chi connectivity index (χ3n) is 2.94. The summed E-state index contributed by atoms with van der Waals surface area (Å²) in [7, 11) is 1.40. The maximum absolute atomic E-state index is 11.6. The number of aromatic amines is 1. The van der Waals surface area contributed by atoms with Gasteiger partial charge in [-0.15, -0.1) is 0 Å². The van der Waals surface area contributed by atoms with Crippen LogP contribution >= 0.6 is 0 Å². The Morgan fingerprint density at radius 3 is 2.45 bits per heavy atom. The minimum absolute atomic E-state index is 0.0502. The van der Waals surface area contributed by atoms with Gasteiger partial charge in [-0.1, -0.05) is 12.1 Å². The number of hydrogen-bond acceptors (Lipinski definition) is 5. The van der Waals surface area contributed by atoms with Crippen molar-refractivity contribution < 1.29 is 9.47 Å². The van der Waals surface area contributed by atoms with Gasteiger partial charge in [0.05, 0.1) is 13.4 Å². The van der Waals surface area contributed by atoms with Crippen LogP contribution in [0.3, 0.4) is 0 Å². The van der Waals surface area contributed by atoms with Crippen LogP contribution in [0.25, 0.3) is 0 Å². The fourth-order valence-electron chi connectivity index (χ4n) is 2.04. The van der Waals surface area contributed by atoms with Crippen molar-refractivity contribution in [3.8, 4) is 17.4 Å². The van der Waals surface area contributed by atoms with Crippen LogP contribution in [0.1, 0.15) is 16.7 Å². The monoisotopic (exact) mass is 275 g/mol. The van der Waals surface area contributed by atoms with Gasteiger partial charge in [-0.25, -0.2) is 4.98 Å². The van der Waals surface area contributed by atoms with Crippen LogP contribution in [-0.4, -0.2) is 17.1 Å². The molecule has 0 atom stereocenters. The zero-order chi connectivity index (χ0) is 14.7. The second-order valence-corrected chi connectivity index (χ2v) is 4.43. The topological polar surface area (TPSA) is 90.2 Å². The number of ether oxygens (including phenoxy) is 2. The van der Waals surface area contributed by atoms with E-state index in [9.17, 15) is 4.79 Å². The second-order valence-electron chi connectivity index (χ2n) is 4.43. The van der Waals surface area contributed by atoms with Gasteiger partial charge in [0.1, 0.15) is 5.75 Å². The fourth-order valence-corrected chi connectivity index (χ4v) is 2.04. The smallest absolute Gasteiger partial charge is 0.297 e. The van der Waals surface area contributed by atoms with Gasteiger partial charge in [-0.3, -0.25) is 4.79 Å². The van der Waals surface area contributed by atoms with Gasteiger partial charge in [-0.05, 0) is 30.5 Å². The number of methoxy groups -OCH3 is 1. The molecule has 0 amide bonds. The Bertz CT molecular complexity index is 657. The summed E-state index contributed by atoms with van der Waals surface area (Å²) in [5.74, 6) is 0.843. The molecule has 0 aliphatic carbocycles. The summed E-state index contributed by atoms with van der Waals surface area (Å²) in [5, 5.41) is 0. The van der Waals surface area contributed by atoms with E-state index < -0.39 is 0 Å². The molecule has 6 nitrogen and oxygen atoms in total. The Hall–Kier alpha value is -2.34. The molecule has 0 aliphatic rings. The van der Waals surface area contributed by atoms with Crippen LogP contribution in [0.4, 0.5) is 0 Å². The number of rotatable bonds is 4. The van der Waals surface area contributed by atoms with E-state index in [-0.39, 0.29) is 17.2 Å². The van der Waals surface area contributed by atoms with Crippen LogP contribution < -0.4 is 20.8 Å². The molecular formula is C14H17N3O3. The van der Waals surface area contributed by atoms with E-state index in [1.807, 2.05) is 26.0 Å². The molecule has 0 bridgehead atoms. The highest BCUT2D eigenvalue weighted by atomic mass is 16.5. The van der Waals surface area contributed by atoms with Crippen LogP contribution in [0, 0.1) is 13.8 Å². The van der Waals surface area contributed by atoms with Crippen LogP contribution in [-0.2, 0) is 6.54 Å². The quantitative estimate of drug-likeness (QED) is 0.885. The van der Waals surface area contributed by atoms with Gasteiger partial charge >= 0.3 is 0 Å². The molecule has 0 saturated carbocycles. The largest absolute Gasteiger partial charge is 0.487 e. The highest BCUT2D eigenvalue weighted by molar-refractivity contribution is 5.46. The molecule has 6 heteroatoms. The number of nitrogens with zero attached hydrogens (tertiary/aromatic N) is 1. The van der Waals surface area contributed by atoms with Gasteiger partial charge in [0, 0.05) is 6.54 Å². The molecule has 20 heavy (non-hydrogen) atoms. The van der Waals surface area contributed by atoms with E-state index >= 15 is 0 Å². The van der Waals surface area contributed by atoms with Crippen molar-refractivity contribution in [2.75, 3.05) is 7.11 Å². The maximum atomic E-state index is 11.6. The molecule has 2 rings (SSSR count). The second kappa shape index (κ2) is 5.75. The number of aromatic nitrogens is 2. The molecule has 0 spiro atoms. The molecule has 0 fully saturated rings. The van der Waals surface area contributed by atoms with E-state index in [1.54, 1.807) is 0 Å². The zero-order valence-electron chi connectivity index (χ0n) is 11.7. The third-order valence-corrected chi connectivity index (χ3v) is 2.94. The normalized spacial score (nSPS) is 10.4. The third kappa shape index (κ3) is 2.65. The molecule has 0 unspecified atom stereocenters. The summed E-state index contributed by atoms with van der Waals surface area (Å²) in [6.45, 7) is 4.30. The summed E-state index contributed by atoms with van der Waals surface area (Å²) in [4.78, 5) is 18.1. The fraction of sp³-hybridized carbons (Fsp3) is 0.286. The zero-order valence-corrected chi connectivity index (χ0v) is 11.7. The van der Waals surface area contributed by atoms with E-state index in [4.69, 9.17) is 15.2 Å². The highest BCUT2D eigenvalue weighted by Crippen LogP contribution is 2.31. The molecule has 0 radical (unpaired) electrons. The standard InChI is InChI=1S/C14H17N3O3/c1-8-4-10(6-15)5-9(2)11(8)20-14-12(19-3)13(18)16-7-17-14/h4-5,7H,6,15H2,1-3H3,(H,16,17,18). The minimum Gasteiger partial charge on any atom is -0.487 e. The first-order valence-electron chi connectivity index (χ1n) is 6.16. The molecule has 1 aromatic carbocycles. The Morgan fingerprint density at radius 1 is 1.25 bits per heavy atom. The predicted molar refractivity (Wildman–Crippen MR) is 75.3 cm³/mol. The predicted octanol–water partition coefficient (Wildman–Crippen LogP) is 1.65. The van der Waals surface area contributed by atoms with E-state index in [1.165, 1.54) is 13.4 Å². The number of H-pyrrole nitrogens is 1.